The van der Waals surface area contributed by atoms with E-state index in [1.54, 1.807) is 0 Å². The molecule has 0 saturated heterocycles. The lowest BCUT2D eigenvalue weighted by atomic mass is 10.1. The van der Waals surface area contributed by atoms with Crippen LogP contribution in [0.25, 0.3) is 0 Å². The molecule has 12 heavy (non-hydrogen) atoms. The predicted molar refractivity (Wildman–Crippen MR) is 52.1 cm³/mol. The molecule has 1 aliphatic rings. The second-order valence-electron chi connectivity index (χ2n) is 4.67. The molecular formula is C9H19N3. The van der Waals surface area contributed by atoms with Gasteiger partial charge >= 0.3 is 0 Å². The third-order valence-electron chi connectivity index (χ3n) is 1.87. The Morgan fingerprint density at radius 2 is 2.00 bits per heavy atom. The summed E-state index contributed by atoms with van der Waals surface area (Å²) in [5, 5.41) is 3.14. The van der Waals surface area contributed by atoms with Gasteiger partial charge < -0.3 is 11.1 Å². The average Bonchev–Trinajstić information content (AvgIpc) is 2.40. The van der Waals surface area contributed by atoms with Gasteiger partial charge in [0, 0.05) is 5.54 Å². The van der Waals surface area contributed by atoms with Crippen LogP contribution in [0, 0.1) is 5.92 Å². The molecule has 2 atom stereocenters. The molecule has 1 aliphatic carbocycles. The molecule has 0 bridgehead atoms. The summed E-state index contributed by atoms with van der Waals surface area (Å²) in [6.07, 6.45) is 1.19. The average molecular weight is 169 g/mol. The Labute approximate surface area is 74.4 Å². The Balaban J connectivity index is 2.37. The largest absolute Gasteiger partial charge is 0.370 e. The first kappa shape index (κ1) is 9.36. The summed E-state index contributed by atoms with van der Waals surface area (Å²) >= 11 is 0. The molecule has 3 nitrogen and oxygen atoms in total. The molecule has 0 aliphatic heterocycles. The van der Waals surface area contributed by atoms with E-state index in [-0.39, 0.29) is 5.54 Å². The molecule has 0 aromatic carbocycles. The van der Waals surface area contributed by atoms with Gasteiger partial charge in [-0.15, -0.1) is 0 Å². The molecule has 0 heterocycles. The minimum atomic E-state index is 0.0196. The monoisotopic (exact) mass is 169 g/mol. The van der Waals surface area contributed by atoms with Crippen molar-refractivity contribution in [2.75, 3.05) is 0 Å². The minimum absolute atomic E-state index is 0.0196. The van der Waals surface area contributed by atoms with Gasteiger partial charge in [0.05, 0.1) is 6.04 Å². The normalized spacial score (nSPS) is 30.2. The van der Waals surface area contributed by atoms with E-state index < -0.39 is 0 Å². The highest BCUT2D eigenvalue weighted by Crippen LogP contribution is 2.32. The summed E-state index contributed by atoms with van der Waals surface area (Å²) in [4.78, 5) is 4.34. The molecule has 70 valence electrons. The van der Waals surface area contributed by atoms with E-state index in [1.165, 1.54) is 6.42 Å². The molecule has 0 aromatic heterocycles. The van der Waals surface area contributed by atoms with E-state index in [0.29, 0.717) is 12.0 Å². The zero-order chi connectivity index (χ0) is 9.35. The van der Waals surface area contributed by atoms with Gasteiger partial charge in [0.2, 0.25) is 0 Å². The first-order valence-corrected chi connectivity index (χ1v) is 4.50. The summed E-state index contributed by atoms with van der Waals surface area (Å²) in [6, 6.07) is 0.472. The smallest absolute Gasteiger partial charge is 0.189 e. The van der Waals surface area contributed by atoms with E-state index in [1.807, 2.05) is 0 Å². The zero-order valence-corrected chi connectivity index (χ0v) is 8.39. The Bertz CT molecular complexity index is 190. The third-order valence-corrected chi connectivity index (χ3v) is 1.87. The summed E-state index contributed by atoms with van der Waals surface area (Å²) in [7, 11) is 0. The van der Waals surface area contributed by atoms with E-state index in [2.05, 4.69) is 38.0 Å². The fourth-order valence-electron chi connectivity index (χ4n) is 1.08. The van der Waals surface area contributed by atoms with E-state index in [9.17, 15) is 0 Å². The van der Waals surface area contributed by atoms with Crippen molar-refractivity contribution >= 4 is 5.96 Å². The number of nitrogens with one attached hydrogen (secondary N) is 1. The van der Waals surface area contributed by atoms with Crippen molar-refractivity contribution in [2.24, 2.45) is 16.6 Å². The quantitative estimate of drug-likeness (QED) is 0.456. The summed E-state index contributed by atoms with van der Waals surface area (Å²) in [5.74, 6) is 1.31. The van der Waals surface area contributed by atoms with Gasteiger partial charge in [-0.1, -0.05) is 6.92 Å². The van der Waals surface area contributed by atoms with Crippen molar-refractivity contribution in [3.05, 3.63) is 0 Å². The molecule has 3 heteroatoms. The first-order valence-electron chi connectivity index (χ1n) is 4.50. The van der Waals surface area contributed by atoms with Crippen LogP contribution in [0.5, 0.6) is 0 Å². The Kier molecular flexibility index (Phi) is 2.31. The Morgan fingerprint density at radius 1 is 1.50 bits per heavy atom. The van der Waals surface area contributed by atoms with Crippen molar-refractivity contribution in [3.8, 4) is 0 Å². The molecule has 0 radical (unpaired) electrons. The predicted octanol–water partition coefficient (Wildman–Crippen LogP) is 1.10. The molecule has 2 unspecified atom stereocenters. The molecule has 0 aromatic rings. The van der Waals surface area contributed by atoms with Crippen LogP contribution < -0.4 is 11.1 Å². The Hall–Kier alpha value is -0.730. The fraction of sp³-hybridized carbons (Fsp3) is 0.889. The van der Waals surface area contributed by atoms with Crippen molar-refractivity contribution in [1.29, 1.82) is 0 Å². The van der Waals surface area contributed by atoms with Gasteiger partial charge in [0.25, 0.3) is 0 Å². The molecule has 0 spiro atoms. The molecule has 1 saturated carbocycles. The SMILES string of the molecule is CC1CC1N=C(N)NC(C)(C)C. The van der Waals surface area contributed by atoms with Crippen LogP contribution in [0.2, 0.25) is 0 Å². The topological polar surface area (TPSA) is 50.4 Å². The zero-order valence-electron chi connectivity index (χ0n) is 8.39. The molecule has 3 N–H and O–H groups in total. The number of aliphatic imine (C=N–C) groups is 1. The van der Waals surface area contributed by atoms with Crippen molar-refractivity contribution < 1.29 is 0 Å². The van der Waals surface area contributed by atoms with E-state index >= 15 is 0 Å². The van der Waals surface area contributed by atoms with Crippen LogP contribution in [0.15, 0.2) is 4.99 Å². The van der Waals surface area contributed by atoms with Crippen LogP contribution >= 0.6 is 0 Å². The minimum Gasteiger partial charge on any atom is -0.370 e. The van der Waals surface area contributed by atoms with Gasteiger partial charge in [-0.2, -0.15) is 0 Å². The van der Waals surface area contributed by atoms with Gasteiger partial charge in [-0.3, -0.25) is 0 Å². The standard InChI is InChI=1S/C9H19N3/c1-6-5-7(6)11-8(10)12-9(2,3)4/h6-7H,5H2,1-4H3,(H3,10,11,12). The van der Waals surface area contributed by atoms with Gasteiger partial charge in [0.15, 0.2) is 5.96 Å². The number of guanidine groups is 1. The number of hydrogen-bond acceptors (Lipinski definition) is 1. The first-order chi connectivity index (χ1) is 5.38. The molecule has 1 fully saturated rings. The lowest BCUT2D eigenvalue weighted by Gasteiger charge is -2.20. The number of nitrogens with two attached hydrogens (primary N) is 1. The summed E-state index contributed by atoms with van der Waals surface area (Å²) < 4.78 is 0. The third kappa shape index (κ3) is 3.11. The highest BCUT2D eigenvalue weighted by atomic mass is 15.1. The van der Waals surface area contributed by atoms with Crippen LogP contribution in [0.1, 0.15) is 34.1 Å². The van der Waals surface area contributed by atoms with Crippen molar-refractivity contribution in [3.63, 3.8) is 0 Å². The van der Waals surface area contributed by atoms with Gasteiger partial charge in [-0.05, 0) is 33.1 Å². The van der Waals surface area contributed by atoms with Crippen molar-refractivity contribution in [1.82, 2.24) is 5.32 Å². The number of rotatable bonds is 1. The lowest BCUT2D eigenvalue weighted by Crippen LogP contribution is -2.45. The maximum absolute atomic E-state index is 5.70. The second-order valence-corrected chi connectivity index (χ2v) is 4.67. The van der Waals surface area contributed by atoms with Gasteiger partial charge in [0.1, 0.15) is 0 Å². The second kappa shape index (κ2) is 2.96. The van der Waals surface area contributed by atoms with Crippen molar-refractivity contribution in [2.45, 2.75) is 45.7 Å². The Morgan fingerprint density at radius 3 is 2.33 bits per heavy atom. The van der Waals surface area contributed by atoms with Gasteiger partial charge in [-0.25, -0.2) is 4.99 Å². The van der Waals surface area contributed by atoms with Crippen LogP contribution in [0.3, 0.4) is 0 Å². The fourth-order valence-corrected chi connectivity index (χ4v) is 1.08. The van der Waals surface area contributed by atoms with E-state index in [0.717, 1.165) is 5.92 Å². The summed E-state index contributed by atoms with van der Waals surface area (Å²) in [5.41, 5.74) is 5.72. The summed E-state index contributed by atoms with van der Waals surface area (Å²) in [6.45, 7) is 8.42. The molecule has 0 amide bonds. The maximum atomic E-state index is 5.70. The highest BCUT2D eigenvalue weighted by Gasteiger charge is 2.32. The van der Waals surface area contributed by atoms with Crippen LogP contribution in [-0.4, -0.2) is 17.5 Å². The van der Waals surface area contributed by atoms with E-state index in [4.69, 9.17) is 5.73 Å². The maximum Gasteiger partial charge on any atom is 0.189 e. The van der Waals surface area contributed by atoms with Crippen LogP contribution in [-0.2, 0) is 0 Å². The highest BCUT2D eigenvalue weighted by molar-refractivity contribution is 5.78. The lowest BCUT2D eigenvalue weighted by molar-refractivity contribution is 0.508. The molecular weight excluding hydrogens is 150 g/mol. The number of hydrogen-bond donors (Lipinski definition) is 2. The number of nitrogens with zero attached hydrogens (tertiary/aromatic N) is 1. The van der Waals surface area contributed by atoms with Crippen LogP contribution in [0.4, 0.5) is 0 Å². The molecule has 1 rings (SSSR count).